The number of halogens is 1. The molecule has 1 heteroatoms. The topological polar surface area (TPSA) is 0 Å². The van der Waals surface area contributed by atoms with Gasteiger partial charge in [0.05, 0.1) is 0 Å². The van der Waals surface area contributed by atoms with Crippen LogP contribution in [0.25, 0.3) is 0 Å². The van der Waals surface area contributed by atoms with Crippen LogP contribution < -0.4 is 0 Å². The summed E-state index contributed by atoms with van der Waals surface area (Å²) in [4.78, 5) is 0. The zero-order valence-electron chi connectivity index (χ0n) is 7.72. The molecule has 0 aliphatic carbocycles. The van der Waals surface area contributed by atoms with Gasteiger partial charge in [0.15, 0.2) is 0 Å². The first-order valence-electron chi connectivity index (χ1n) is 3.83. The molecule has 0 amide bonds. The van der Waals surface area contributed by atoms with Crippen molar-refractivity contribution >= 4 is 17.0 Å². The van der Waals surface area contributed by atoms with Crippen LogP contribution in [0.15, 0.2) is 24.3 Å². The minimum atomic E-state index is 0. The molecule has 0 atom stereocenters. The molecular weight excluding hydrogens is 200 g/mol. The molecule has 0 radical (unpaired) electrons. The summed E-state index contributed by atoms with van der Waals surface area (Å²) in [6.07, 6.45) is 0. The van der Waals surface area contributed by atoms with Crippen LogP contribution in [0.5, 0.6) is 0 Å². The lowest BCUT2D eigenvalue weighted by molar-refractivity contribution is 1.34. The van der Waals surface area contributed by atoms with Gasteiger partial charge in [0.25, 0.3) is 0 Å². The molecule has 0 bridgehead atoms. The zero-order valence-corrected chi connectivity index (χ0v) is 9.43. The minimum absolute atomic E-state index is 0. The molecule has 0 nitrogen and oxygen atoms in total. The van der Waals surface area contributed by atoms with E-state index in [1.54, 1.807) is 0 Å². The highest BCUT2D eigenvalue weighted by Crippen LogP contribution is 2.02. The molecule has 0 aromatic heterocycles. The third kappa shape index (κ3) is 5.02. The summed E-state index contributed by atoms with van der Waals surface area (Å²) in [6.45, 7) is 8.24. The Labute approximate surface area is 80.4 Å². The van der Waals surface area contributed by atoms with E-state index in [0.29, 0.717) is 0 Å². The van der Waals surface area contributed by atoms with Gasteiger partial charge in [-0.25, -0.2) is 0 Å². The Morgan fingerprint density at radius 3 is 1.27 bits per heavy atom. The summed E-state index contributed by atoms with van der Waals surface area (Å²) in [7, 11) is 0. The van der Waals surface area contributed by atoms with Gasteiger partial charge in [-0.05, 0) is 25.0 Å². The van der Waals surface area contributed by atoms with Crippen LogP contribution in [0.3, 0.4) is 0 Å². The lowest BCUT2D eigenvalue weighted by Gasteiger charge is -1.93. The first kappa shape index (κ1) is 13.3. The molecular formula is C10H17Br. The van der Waals surface area contributed by atoms with Gasteiger partial charge in [-0.3, -0.25) is 0 Å². The fourth-order valence-corrected chi connectivity index (χ4v) is 0.663. The molecule has 0 saturated carbocycles. The Kier molecular flexibility index (Phi) is 9.44. The van der Waals surface area contributed by atoms with Crippen LogP contribution in [0.1, 0.15) is 25.0 Å². The fraction of sp³-hybridized carbons (Fsp3) is 0.400. The Bertz CT molecular complexity index is 161. The molecule has 0 fully saturated rings. The summed E-state index contributed by atoms with van der Waals surface area (Å²) in [5.74, 6) is 0. The lowest BCUT2D eigenvalue weighted by atomic mass is 10.1. The van der Waals surface area contributed by atoms with Crippen LogP contribution in [-0.4, -0.2) is 0 Å². The molecule has 1 aromatic rings. The number of hydrogen-bond acceptors (Lipinski definition) is 0. The van der Waals surface area contributed by atoms with E-state index in [-0.39, 0.29) is 17.0 Å². The van der Waals surface area contributed by atoms with Crippen molar-refractivity contribution in [2.45, 2.75) is 27.7 Å². The van der Waals surface area contributed by atoms with Crippen LogP contribution in [0.4, 0.5) is 0 Å². The van der Waals surface area contributed by atoms with Crippen molar-refractivity contribution in [2.75, 3.05) is 0 Å². The van der Waals surface area contributed by atoms with Gasteiger partial charge < -0.3 is 0 Å². The summed E-state index contributed by atoms with van der Waals surface area (Å²) in [5, 5.41) is 0. The smallest absolute Gasteiger partial charge is 0.0395 e. The van der Waals surface area contributed by atoms with Crippen molar-refractivity contribution in [2.24, 2.45) is 0 Å². The van der Waals surface area contributed by atoms with Crippen LogP contribution in [0, 0.1) is 13.8 Å². The third-order valence-corrected chi connectivity index (χ3v) is 1.43. The van der Waals surface area contributed by atoms with E-state index in [1.165, 1.54) is 11.1 Å². The van der Waals surface area contributed by atoms with E-state index in [1.807, 2.05) is 13.8 Å². The maximum atomic E-state index is 2.12. The molecule has 0 unspecified atom stereocenters. The summed E-state index contributed by atoms with van der Waals surface area (Å²) in [5.41, 5.74) is 2.74. The van der Waals surface area contributed by atoms with Gasteiger partial charge >= 0.3 is 0 Å². The predicted molar refractivity (Wildman–Crippen MR) is 57.6 cm³/mol. The molecule has 11 heavy (non-hydrogen) atoms. The second kappa shape index (κ2) is 7.80. The Hall–Kier alpha value is -0.300. The summed E-state index contributed by atoms with van der Waals surface area (Å²) < 4.78 is 0. The van der Waals surface area contributed by atoms with Crippen LogP contribution in [-0.2, 0) is 0 Å². The van der Waals surface area contributed by atoms with Crippen molar-refractivity contribution < 1.29 is 0 Å². The molecule has 0 aliphatic heterocycles. The average molecular weight is 217 g/mol. The molecule has 1 rings (SSSR count). The number of rotatable bonds is 0. The van der Waals surface area contributed by atoms with E-state index >= 15 is 0 Å². The van der Waals surface area contributed by atoms with Crippen molar-refractivity contribution in [3.63, 3.8) is 0 Å². The van der Waals surface area contributed by atoms with E-state index < -0.39 is 0 Å². The predicted octanol–water partition coefficient (Wildman–Crippen LogP) is 3.91. The van der Waals surface area contributed by atoms with Gasteiger partial charge in [0.1, 0.15) is 0 Å². The highest BCUT2D eigenvalue weighted by atomic mass is 79.9. The molecule has 0 spiro atoms. The maximum absolute atomic E-state index is 2.12. The fourth-order valence-electron chi connectivity index (χ4n) is 0.663. The summed E-state index contributed by atoms with van der Waals surface area (Å²) >= 11 is 0. The van der Waals surface area contributed by atoms with Crippen molar-refractivity contribution in [1.29, 1.82) is 0 Å². The molecule has 0 heterocycles. The van der Waals surface area contributed by atoms with Gasteiger partial charge in [0.2, 0.25) is 0 Å². The molecule has 0 N–H and O–H groups in total. The maximum Gasteiger partial charge on any atom is -0.0395 e. The van der Waals surface area contributed by atoms with E-state index in [2.05, 4.69) is 38.1 Å². The van der Waals surface area contributed by atoms with Gasteiger partial charge in [-0.15, -0.1) is 17.0 Å². The van der Waals surface area contributed by atoms with Crippen LogP contribution >= 0.6 is 17.0 Å². The largest absolute Gasteiger partial charge is 0.114 e. The average Bonchev–Trinajstić information content (AvgIpc) is 2.00. The zero-order chi connectivity index (χ0) is 7.98. The van der Waals surface area contributed by atoms with E-state index in [4.69, 9.17) is 0 Å². The van der Waals surface area contributed by atoms with Crippen LogP contribution in [0.2, 0.25) is 0 Å². The van der Waals surface area contributed by atoms with Crippen molar-refractivity contribution in [1.82, 2.24) is 0 Å². The highest BCUT2D eigenvalue weighted by Gasteiger charge is 1.83. The van der Waals surface area contributed by atoms with E-state index in [0.717, 1.165) is 0 Å². The lowest BCUT2D eigenvalue weighted by Crippen LogP contribution is -1.74. The normalized spacial score (nSPS) is 7.27. The first-order chi connectivity index (χ1) is 4.80. The van der Waals surface area contributed by atoms with E-state index in [9.17, 15) is 0 Å². The number of aryl methyl sites for hydroxylation is 2. The molecule has 0 saturated heterocycles. The Morgan fingerprint density at radius 1 is 0.818 bits per heavy atom. The first-order valence-corrected chi connectivity index (χ1v) is 3.83. The third-order valence-electron chi connectivity index (χ3n) is 1.43. The molecule has 0 aliphatic rings. The summed E-state index contributed by atoms with van der Waals surface area (Å²) in [6, 6.07) is 8.36. The number of benzene rings is 1. The van der Waals surface area contributed by atoms with Gasteiger partial charge in [-0.2, -0.15) is 0 Å². The molecule has 1 aromatic carbocycles. The Morgan fingerprint density at radius 2 is 1.09 bits per heavy atom. The monoisotopic (exact) mass is 216 g/mol. The second-order valence-corrected chi connectivity index (χ2v) is 2.08. The standard InChI is InChI=1S/C8H10.C2H6.BrH/c1-7-5-3-4-6-8(7)2;1-2;/h3-6H,1-2H3;1-2H3;1H. The SMILES string of the molecule is Br.CC.Cc1ccccc1C. The highest BCUT2D eigenvalue weighted by molar-refractivity contribution is 8.93. The quantitative estimate of drug-likeness (QED) is 0.618. The Balaban J connectivity index is 0. The second-order valence-electron chi connectivity index (χ2n) is 2.08. The number of hydrogen-bond donors (Lipinski definition) is 0. The van der Waals surface area contributed by atoms with Gasteiger partial charge in [0, 0.05) is 0 Å². The minimum Gasteiger partial charge on any atom is -0.114 e. The molecule has 64 valence electrons. The van der Waals surface area contributed by atoms with Gasteiger partial charge in [-0.1, -0.05) is 38.1 Å². The van der Waals surface area contributed by atoms with Crippen molar-refractivity contribution in [3.8, 4) is 0 Å². The van der Waals surface area contributed by atoms with Crippen molar-refractivity contribution in [3.05, 3.63) is 35.4 Å².